The fourth-order valence-corrected chi connectivity index (χ4v) is 2.97. The number of anilines is 1. The lowest BCUT2D eigenvalue weighted by atomic mass is 10.3. The number of hydrogen-bond acceptors (Lipinski definition) is 3. The number of ether oxygens (including phenoxy) is 1. The Labute approximate surface area is 142 Å². The van der Waals surface area contributed by atoms with Gasteiger partial charge in [0.05, 0.1) is 31.6 Å². The smallest absolute Gasteiger partial charge is 0.144 e. The minimum absolute atomic E-state index is 0.351. The van der Waals surface area contributed by atoms with E-state index in [2.05, 4.69) is 28.0 Å². The minimum atomic E-state index is 0.351. The van der Waals surface area contributed by atoms with Crippen LogP contribution in [0.25, 0.3) is 0 Å². The zero-order valence-electron chi connectivity index (χ0n) is 11.8. The molecule has 7 heteroatoms. The maximum Gasteiger partial charge on any atom is 0.144 e. The van der Waals surface area contributed by atoms with E-state index in [4.69, 9.17) is 33.7 Å². The molecule has 1 aromatic carbocycles. The summed E-state index contributed by atoms with van der Waals surface area (Å²) in [4.78, 5) is 0. The van der Waals surface area contributed by atoms with Gasteiger partial charge in [0.25, 0.3) is 0 Å². The highest BCUT2D eigenvalue weighted by Crippen LogP contribution is 2.33. The van der Waals surface area contributed by atoms with Crippen LogP contribution in [-0.2, 0) is 19.6 Å². The molecule has 0 saturated carbocycles. The molecule has 0 radical (unpaired) electrons. The molecule has 0 atom stereocenters. The summed E-state index contributed by atoms with van der Waals surface area (Å²) in [5, 5.41) is 5.35. The Balaban J connectivity index is 2.24. The highest BCUT2D eigenvalue weighted by Gasteiger charge is 2.15. The molecule has 0 amide bonds. The second kappa shape index (κ2) is 6.90. The van der Waals surface area contributed by atoms with Crippen molar-refractivity contribution in [3.05, 3.63) is 38.0 Å². The summed E-state index contributed by atoms with van der Waals surface area (Å²) in [5.41, 5.74) is 8.33. The molecule has 2 N–H and O–H groups in total. The fourth-order valence-electron chi connectivity index (χ4n) is 1.97. The van der Waals surface area contributed by atoms with Crippen molar-refractivity contribution >= 4 is 44.8 Å². The van der Waals surface area contributed by atoms with Gasteiger partial charge in [-0.2, -0.15) is 5.10 Å². The zero-order chi connectivity index (χ0) is 15.6. The van der Waals surface area contributed by atoms with Crippen LogP contribution in [0.3, 0.4) is 0 Å². The Kier molecular flexibility index (Phi) is 5.41. The lowest BCUT2D eigenvalue weighted by molar-refractivity contribution is 0.293. The molecule has 0 unspecified atom stereocenters. The quantitative estimate of drug-likeness (QED) is 0.750. The molecule has 0 aliphatic heterocycles. The van der Waals surface area contributed by atoms with Crippen LogP contribution in [0.4, 0.5) is 5.69 Å². The minimum Gasteiger partial charge on any atom is -0.485 e. The van der Waals surface area contributed by atoms with Crippen molar-refractivity contribution in [2.24, 2.45) is 0 Å². The molecule has 1 aromatic heterocycles. The second-order valence-electron chi connectivity index (χ2n) is 4.47. The first-order valence-corrected chi connectivity index (χ1v) is 8.14. The van der Waals surface area contributed by atoms with E-state index in [1.165, 1.54) is 0 Å². The number of halogens is 3. The first-order valence-electron chi connectivity index (χ1n) is 6.59. The third kappa shape index (κ3) is 3.47. The Morgan fingerprint density at radius 1 is 1.29 bits per heavy atom. The third-order valence-electron chi connectivity index (χ3n) is 3.11. The van der Waals surface area contributed by atoms with Gasteiger partial charge in [-0.1, -0.05) is 30.1 Å². The standard InChI is InChI=1S/C14H16BrCl2N3O/c1-3-11-14(15)12(20(4-2)19-11)7-21-13-6-9(17)8(16)5-10(13)18/h5-6H,3-4,7,18H2,1-2H3. The van der Waals surface area contributed by atoms with Crippen molar-refractivity contribution < 1.29 is 4.74 Å². The molecule has 114 valence electrons. The fraction of sp³-hybridized carbons (Fsp3) is 0.357. The normalized spacial score (nSPS) is 10.9. The summed E-state index contributed by atoms with van der Waals surface area (Å²) >= 11 is 15.5. The van der Waals surface area contributed by atoms with Crippen LogP contribution in [0.5, 0.6) is 5.75 Å². The van der Waals surface area contributed by atoms with Crippen molar-refractivity contribution in [3.63, 3.8) is 0 Å². The number of benzene rings is 1. The Morgan fingerprint density at radius 3 is 2.57 bits per heavy atom. The van der Waals surface area contributed by atoms with Gasteiger partial charge in [-0.25, -0.2) is 0 Å². The van der Waals surface area contributed by atoms with Gasteiger partial charge in [-0.15, -0.1) is 0 Å². The number of aryl methyl sites for hydroxylation is 2. The van der Waals surface area contributed by atoms with E-state index >= 15 is 0 Å². The van der Waals surface area contributed by atoms with Crippen LogP contribution >= 0.6 is 39.1 Å². The number of hydrogen-bond donors (Lipinski definition) is 1. The van der Waals surface area contributed by atoms with Crippen molar-refractivity contribution in [2.45, 2.75) is 33.4 Å². The predicted octanol–water partition coefficient (Wildman–Crippen LogP) is 4.70. The summed E-state index contributed by atoms with van der Waals surface area (Å²) < 4.78 is 8.67. The maximum atomic E-state index is 5.99. The molecule has 0 fully saturated rings. The first-order chi connectivity index (χ1) is 9.97. The van der Waals surface area contributed by atoms with E-state index in [0.717, 1.165) is 28.8 Å². The monoisotopic (exact) mass is 391 g/mol. The van der Waals surface area contributed by atoms with E-state index in [0.29, 0.717) is 28.1 Å². The third-order valence-corrected chi connectivity index (χ3v) is 4.75. The van der Waals surface area contributed by atoms with Crippen molar-refractivity contribution in [2.75, 3.05) is 5.73 Å². The Morgan fingerprint density at radius 2 is 1.95 bits per heavy atom. The summed E-state index contributed by atoms with van der Waals surface area (Å²) in [6, 6.07) is 3.21. The average Bonchev–Trinajstić information content (AvgIpc) is 2.77. The zero-order valence-corrected chi connectivity index (χ0v) is 14.9. The average molecular weight is 393 g/mol. The second-order valence-corrected chi connectivity index (χ2v) is 6.08. The van der Waals surface area contributed by atoms with Gasteiger partial charge in [0.1, 0.15) is 12.4 Å². The summed E-state index contributed by atoms with van der Waals surface area (Å²) in [7, 11) is 0. The molecule has 1 heterocycles. The summed E-state index contributed by atoms with van der Waals surface area (Å²) in [5.74, 6) is 0.512. The van der Waals surface area contributed by atoms with Crippen LogP contribution in [-0.4, -0.2) is 9.78 Å². The lowest BCUT2D eigenvalue weighted by Gasteiger charge is -2.11. The molecular weight excluding hydrogens is 377 g/mol. The first kappa shape index (κ1) is 16.5. The van der Waals surface area contributed by atoms with Gasteiger partial charge in [0.15, 0.2) is 0 Å². The van der Waals surface area contributed by atoms with E-state index < -0.39 is 0 Å². The van der Waals surface area contributed by atoms with E-state index in [-0.39, 0.29) is 0 Å². The number of nitrogens with zero attached hydrogens (tertiary/aromatic N) is 2. The van der Waals surface area contributed by atoms with Gasteiger partial charge in [0.2, 0.25) is 0 Å². The van der Waals surface area contributed by atoms with Crippen LogP contribution in [0, 0.1) is 0 Å². The summed E-state index contributed by atoms with van der Waals surface area (Å²) in [6.07, 6.45) is 0.857. The highest BCUT2D eigenvalue weighted by molar-refractivity contribution is 9.10. The maximum absolute atomic E-state index is 5.99. The topological polar surface area (TPSA) is 53.1 Å². The van der Waals surface area contributed by atoms with Gasteiger partial charge >= 0.3 is 0 Å². The molecule has 21 heavy (non-hydrogen) atoms. The number of rotatable bonds is 5. The summed E-state index contributed by atoms with van der Waals surface area (Å²) in [6.45, 7) is 5.22. The van der Waals surface area contributed by atoms with Gasteiger partial charge < -0.3 is 10.5 Å². The molecule has 0 aliphatic rings. The Bertz CT molecular complexity index is 658. The van der Waals surface area contributed by atoms with E-state index in [9.17, 15) is 0 Å². The molecule has 4 nitrogen and oxygen atoms in total. The molecule has 0 aliphatic carbocycles. The predicted molar refractivity (Wildman–Crippen MR) is 90.2 cm³/mol. The largest absolute Gasteiger partial charge is 0.485 e. The van der Waals surface area contributed by atoms with Crippen molar-refractivity contribution in [1.29, 1.82) is 0 Å². The SMILES string of the molecule is CCc1nn(CC)c(COc2cc(Cl)c(Cl)cc2N)c1Br. The van der Waals surface area contributed by atoms with Gasteiger partial charge in [-0.05, 0) is 35.3 Å². The van der Waals surface area contributed by atoms with Gasteiger partial charge in [0, 0.05) is 12.6 Å². The molecule has 2 aromatic rings. The lowest BCUT2D eigenvalue weighted by Crippen LogP contribution is -2.07. The van der Waals surface area contributed by atoms with Crippen LogP contribution < -0.4 is 10.5 Å². The van der Waals surface area contributed by atoms with Crippen molar-refractivity contribution in [3.8, 4) is 5.75 Å². The van der Waals surface area contributed by atoms with E-state index in [1.807, 2.05) is 11.6 Å². The number of nitrogens with two attached hydrogens (primary N) is 1. The van der Waals surface area contributed by atoms with E-state index in [1.54, 1.807) is 12.1 Å². The number of aromatic nitrogens is 2. The molecule has 0 saturated heterocycles. The van der Waals surface area contributed by atoms with Crippen molar-refractivity contribution in [1.82, 2.24) is 9.78 Å². The van der Waals surface area contributed by atoms with Gasteiger partial charge in [-0.3, -0.25) is 4.68 Å². The molecule has 0 bridgehead atoms. The molecule has 0 spiro atoms. The number of nitrogen functional groups attached to an aromatic ring is 1. The van der Waals surface area contributed by atoms with Crippen LogP contribution in [0.15, 0.2) is 16.6 Å². The Hall–Kier alpha value is -0.910. The highest BCUT2D eigenvalue weighted by atomic mass is 79.9. The van der Waals surface area contributed by atoms with Crippen LogP contribution in [0.1, 0.15) is 25.2 Å². The molecular formula is C14H16BrCl2N3O. The van der Waals surface area contributed by atoms with Crippen LogP contribution in [0.2, 0.25) is 10.0 Å². The molecule has 2 rings (SSSR count).